The van der Waals surface area contributed by atoms with Crippen LogP contribution in [0.2, 0.25) is 0 Å². The highest BCUT2D eigenvalue weighted by Gasteiger charge is 2.09. The minimum Gasteiger partial charge on any atom is -0.496 e. The number of rotatable bonds is 6. The Balaban J connectivity index is 2.08. The molecule has 2 aromatic rings. The third-order valence-electron chi connectivity index (χ3n) is 3.06. The molecule has 0 bridgehead atoms. The van der Waals surface area contributed by atoms with Gasteiger partial charge in [0.25, 0.3) is 5.91 Å². The monoisotopic (exact) mass is 282 g/mol. The lowest BCUT2D eigenvalue weighted by molar-refractivity contribution is 0.0950. The molecule has 0 unspecified atom stereocenters. The lowest BCUT2D eigenvalue weighted by Crippen LogP contribution is -2.23. The van der Waals surface area contributed by atoms with Crippen molar-refractivity contribution in [2.24, 2.45) is 0 Å². The molecular formula is C17H18N2O2. The smallest absolute Gasteiger partial charge is 0.251 e. The molecule has 0 saturated heterocycles. The molecule has 1 aromatic heterocycles. The van der Waals surface area contributed by atoms with E-state index < -0.39 is 0 Å². The first kappa shape index (κ1) is 14.8. The molecule has 1 amide bonds. The van der Waals surface area contributed by atoms with Crippen LogP contribution in [0.3, 0.4) is 0 Å². The van der Waals surface area contributed by atoms with E-state index in [1.807, 2.05) is 24.3 Å². The van der Waals surface area contributed by atoms with Crippen molar-refractivity contribution >= 4 is 5.91 Å². The van der Waals surface area contributed by atoms with Gasteiger partial charge >= 0.3 is 0 Å². The number of amides is 1. The van der Waals surface area contributed by atoms with Gasteiger partial charge in [-0.15, -0.1) is 6.58 Å². The third-order valence-corrected chi connectivity index (χ3v) is 3.06. The van der Waals surface area contributed by atoms with Crippen LogP contribution < -0.4 is 10.1 Å². The second-order valence-corrected chi connectivity index (χ2v) is 4.52. The predicted molar refractivity (Wildman–Crippen MR) is 82.3 cm³/mol. The molecule has 1 N–H and O–H groups in total. The van der Waals surface area contributed by atoms with Crippen LogP contribution in [0.25, 0.3) is 0 Å². The molecule has 0 aliphatic carbocycles. The Labute approximate surface area is 124 Å². The summed E-state index contributed by atoms with van der Waals surface area (Å²) in [6, 6.07) is 11.0. The molecule has 2 rings (SSSR count). The van der Waals surface area contributed by atoms with E-state index in [-0.39, 0.29) is 5.91 Å². The average Bonchev–Trinajstić information content (AvgIpc) is 2.54. The Bertz CT molecular complexity index is 624. The number of nitrogens with one attached hydrogen (secondary N) is 1. The van der Waals surface area contributed by atoms with Gasteiger partial charge in [0.05, 0.1) is 19.3 Å². The summed E-state index contributed by atoms with van der Waals surface area (Å²) in [6.07, 6.45) is 4.15. The summed E-state index contributed by atoms with van der Waals surface area (Å²) in [5.74, 6) is 0.629. The maximum Gasteiger partial charge on any atom is 0.251 e. The van der Waals surface area contributed by atoms with E-state index in [2.05, 4.69) is 16.9 Å². The van der Waals surface area contributed by atoms with Gasteiger partial charge in [-0.1, -0.05) is 12.1 Å². The Morgan fingerprint density at radius 1 is 1.38 bits per heavy atom. The SMILES string of the molecule is C=CCc1cc(C(=O)NCc2ccccn2)ccc1OC. The van der Waals surface area contributed by atoms with Crippen molar-refractivity contribution < 1.29 is 9.53 Å². The third kappa shape index (κ3) is 3.92. The van der Waals surface area contributed by atoms with Crippen LogP contribution in [0.1, 0.15) is 21.6 Å². The molecule has 0 spiro atoms. The fraction of sp³-hybridized carbons (Fsp3) is 0.176. The second kappa shape index (κ2) is 7.24. The molecule has 4 nitrogen and oxygen atoms in total. The molecule has 0 aliphatic rings. The summed E-state index contributed by atoms with van der Waals surface area (Å²) in [5, 5.41) is 2.85. The number of pyridine rings is 1. The first-order chi connectivity index (χ1) is 10.2. The number of nitrogens with zero attached hydrogens (tertiary/aromatic N) is 1. The number of allylic oxidation sites excluding steroid dienone is 1. The first-order valence-electron chi connectivity index (χ1n) is 6.70. The molecule has 1 heterocycles. The first-order valence-corrected chi connectivity index (χ1v) is 6.70. The highest BCUT2D eigenvalue weighted by molar-refractivity contribution is 5.94. The van der Waals surface area contributed by atoms with Crippen LogP contribution in [0.4, 0.5) is 0 Å². The van der Waals surface area contributed by atoms with E-state index in [4.69, 9.17) is 4.74 Å². The molecule has 21 heavy (non-hydrogen) atoms. The summed E-state index contributed by atoms with van der Waals surface area (Å²) in [5.41, 5.74) is 2.37. The topological polar surface area (TPSA) is 51.2 Å². The molecule has 0 radical (unpaired) electrons. The minimum atomic E-state index is -0.131. The van der Waals surface area contributed by atoms with Crippen LogP contribution in [0.5, 0.6) is 5.75 Å². The zero-order chi connectivity index (χ0) is 15.1. The van der Waals surface area contributed by atoms with E-state index in [9.17, 15) is 4.79 Å². The number of hydrogen-bond acceptors (Lipinski definition) is 3. The molecule has 0 atom stereocenters. The molecule has 0 fully saturated rings. The van der Waals surface area contributed by atoms with Crippen molar-refractivity contribution in [1.29, 1.82) is 0 Å². The van der Waals surface area contributed by atoms with Gasteiger partial charge in [-0.3, -0.25) is 9.78 Å². The number of carbonyl (C=O) groups excluding carboxylic acids is 1. The van der Waals surface area contributed by atoms with E-state index in [0.29, 0.717) is 18.5 Å². The van der Waals surface area contributed by atoms with Crippen molar-refractivity contribution in [2.75, 3.05) is 7.11 Å². The van der Waals surface area contributed by atoms with Gasteiger partial charge < -0.3 is 10.1 Å². The highest BCUT2D eigenvalue weighted by Crippen LogP contribution is 2.20. The van der Waals surface area contributed by atoms with Crippen molar-refractivity contribution in [2.45, 2.75) is 13.0 Å². The van der Waals surface area contributed by atoms with Crippen molar-refractivity contribution in [3.05, 3.63) is 72.1 Å². The average molecular weight is 282 g/mol. The fourth-order valence-corrected chi connectivity index (χ4v) is 2.01. The largest absolute Gasteiger partial charge is 0.496 e. The molecule has 0 aliphatic heterocycles. The van der Waals surface area contributed by atoms with Crippen LogP contribution >= 0.6 is 0 Å². The Morgan fingerprint density at radius 2 is 2.24 bits per heavy atom. The molecule has 0 saturated carbocycles. The van der Waals surface area contributed by atoms with E-state index >= 15 is 0 Å². The number of methoxy groups -OCH3 is 1. The Hall–Kier alpha value is -2.62. The zero-order valence-corrected chi connectivity index (χ0v) is 12.0. The fourth-order valence-electron chi connectivity index (χ4n) is 2.01. The number of benzene rings is 1. The van der Waals surface area contributed by atoms with Crippen LogP contribution in [0, 0.1) is 0 Å². The van der Waals surface area contributed by atoms with Gasteiger partial charge in [-0.05, 0) is 42.3 Å². The van der Waals surface area contributed by atoms with E-state index in [1.54, 1.807) is 31.5 Å². The lowest BCUT2D eigenvalue weighted by Gasteiger charge is -2.10. The number of ether oxygens (including phenoxy) is 1. The van der Waals surface area contributed by atoms with Gasteiger partial charge in [0.15, 0.2) is 0 Å². The second-order valence-electron chi connectivity index (χ2n) is 4.52. The van der Waals surface area contributed by atoms with Gasteiger partial charge in [-0.25, -0.2) is 0 Å². The maximum absolute atomic E-state index is 12.2. The summed E-state index contributed by atoms with van der Waals surface area (Å²) in [7, 11) is 1.61. The quantitative estimate of drug-likeness (QED) is 0.829. The van der Waals surface area contributed by atoms with Gasteiger partial charge in [-0.2, -0.15) is 0 Å². The zero-order valence-electron chi connectivity index (χ0n) is 12.0. The molecule has 1 aromatic carbocycles. The lowest BCUT2D eigenvalue weighted by atomic mass is 10.1. The summed E-state index contributed by atoms with van der Waals surface area (Å²) >= 11 is 0. The summed E-state index contributed by atoms with van der Waals surface area (Å²) < 4.78 is 5.27. The number of hydrogen-bond donors (Lipinski definition) is 1. The summed E-state index contributed by atoms with van der Waals surface area (Å²) in [4.78, 5) is 16.3. The van der Waals surface area contributed by atoms with E-state index in [1.165, 1.54) is 0 Å². The molecule has 108 valence electrons. The minimum absolute atomic E-state index is 0.131. The van der Waals surface area contributed by atoms with Crippen LogP contribution in [-0.4, -0.2) is 18.0 Å². The van der Waals surface area contributed by atoms with Crippen molar-refractivity contribution in [1.82, 2.24) is 10.3 Å². The highest BCUT2D eigenvalue weighted by atomic mass is 16.5. The number of carbonyl (C=O) groups is 1. The number of aromatic nitrogens is 1. The van der Waals surface area contributed by atoms with Gasteiger partial charge in [0.1, 0.15) is 5.75 Å². The summed E-state index contributed by atoms with van der Waals surface area (Å²) in [6.45, 7) is 4.12. The molecular weight excluding hydrogens is 264 g/mol. The van der Waals surface area contributed by atoms with Gasteiger partial charge in [0.2, 0.25) is 0 Å². The maximum atomic E-state index is 12.2. The van der Waals surface area contributed by atoms with Crippen LogP contribution in [0.15, 0.2) is 55.3 Å². The standard InChI is InChI=1S/C17H18N2O2/c1-3-6-13-11-14(8-9-16(13)21-2)17(20)19-12-15-7-4-5-10-18-15/h3-5,7-11H,1,6,12H2,2H3,(H,19,20). The van der Waals surface area contributed by atoms with Crippen LogP contribution in [-0.2, 0) is 13.0 Å². The predicted octanol–water partition coefficient (Wildman–Crippen LogP) is 2.75. The van der Waals surface area contributed by atoms with Gasteiger partial charge in [0, 0.05) is 11.8 Å². The normalized spacial score (nSPS) is 9.95. The van der Waals surface area contributed by atoms with E-state index in [0.717, 1.165) is 17.0 Å². The molecule has 4 heteroatoms. The van der Waals surface area contributed by atoms with Crippen molar-refractivity contribution in [3.63, 3.8) is 0 Å². The Kier molecular flexibility index (Phi) is 5.10. The Morgan fingerprint density at radius 3 is 2.90 bits per heavy atom. The van der Waals surface area contributed by atoms with Crippen molar-refractivity contribution in [3.8, 4) is 5.75 Å².